The molecule has 2 rings (SSSR count). The average molecular weight is 233 g/mol. The molecule has 92 valence electrons. The third-order valence-electron chi connectivity index (χ3n) is 3.44. The normalized spacial score (nSPS) is 15.8. The molecule has 1 fully saturated rings. The van der Waals surface area contributed by atoms with Crippen molar-refractivity contribution in [1.29, 1.82) is 0 Å². The van der Waals surface area contributed by atoms with Gasteiger partial charge in [-0.25, -0.2) is 4.79 Å². The lowest BCUT2D eigenvalue weighted by Crippen LogP contribution is -2.46. The highest BCUT2D eigenvalue weighted by molar-refractivity contribution is 5.88. The number of carboxylic acid groups (broad SMARTS) is 1. The Morgan fingerprint density at radius 2 is 2.18 bits per heavy atom. The van der Waals surface area contributed by atoms with E-state index in [1.807, 2.05) is 13.0 Å². The van der Waals surface area contributed by atoms with Crippen molar-refractivity contribution in [2.24, 2.45) is 5.92 Å². The van der Waals surface area contributed by atoms with Gasteiger partial charge in [0.25, 0.3) is 0 Å². The van der Waals surface area contributed by atoms with Crippen LogP contribution in [0.3, 0.4) is 0 Å². The summed E-state index contributed by atoms with van der Waals surface area (Å²) in [6.45, 7) is 6.42. The molecule has 1 aromatic carbocycles. The van der Waals surface area contributed by atoms with Crippen molar-refractivity contribution in [3.8, 4) is 0 Å². The highest BCUT2D eigenvalue weighted by Crippen LogP contribution is 2.30. The molecule has 1 aliphatic rings. The third kappa shape index (κ3) is 2.43. The maximum absolute atomic E-state index is 10.8. The van der Waals surface area contributed by atoms with E-state index in [1.165, 1.54) is 18.5 Å². The summed E-state index contributed by atoms with van der Waals surface area (Å²) < 4.78 is 0. The maximum Gasteiger partial charge on any atom is 0.335 e. The standard InChI is InChI=1S/C14H19NO2/c1-3-4-11-8-15(9-11)13-6-5-12(14(16)17)7-10(13)2/h5-7,11H,3-4,8-9H2,1-2H3,(H,16,17). The molecular weight excluding hydrogens is 214 g/mol. The van der Waals surface area contributed by atoms with Gasteiger partial charge >= 0.3 is 5.97 Å². The molecule has 0 unspecified atom stereocenters. The van der Waals surface area contributed by atoms with Crippen LogP contribution in [-0.4, -0.2) is 24.2 Å². The Morgan fingerprint density at radius 1 is 1.47 bits per heavy atom. The molecule has 0 aliphatic carbocycles. The van der Waals surface area contributed by atoms with E-state index in [0.29, 0.717) is 5.56 Å². The summed E-state index contributed by atoms with van der Waals surface area (Å²) in [4.78, 5) is 13.2. The number of aromatic carboxylic acids is 1. The Bertz CT molecular complexity index is 422. The predicted molar refractivity (Wildman–Crippen MR) is 68.7 cm³/mol. The number of carboxylic acids is 1. The number of aryl methyl sites for hydroxylation is 1. The Balaban J connectivity index is 2.06. The smallest absolute Gasteiger partial charge is 0.335 e. The van der Waals surface area contributed by atoms with Gasteiger partial charge in [-0.3, -0.25) is 0 Å². The van der Waals surface area contributed by atoms with Crippen molar-refractivity contribution in [3.63, 3.8) is 0 Å². The summed E-state index contributed by atoms with van der Waals surface area (Å²) in [6.07, 6.45) is 2.54. The molecule has 1 N–H and O–H groups in total. The topological polar surface area (TPSA) is 40.5 Å². The lowest BCUT2D eigenvalue weighted by Gasteiger charge is -2.42. The first kappa shape index (κ1) is 12.0. The lowest BCUT2D eigenvalue weighted by atomic mass is 9.93. The second kappa shape index (κ2) is 4.78. The van der Waals surface area contributed by atoms with Gasteiger partial charge in [0.15, 0.2) is 0 Å². The fourth-order valence-corrected chi connectivity index (χ4v) is 2.50. The fraction of sp³-hybridized carbons (Fsp3) is 0.500. The van der Waals surface area contributed by atoms with Crippen molar-refractivity contribution >= 4 is 11.7 Å². The largest absolute Gasteiger partial charge is 0.478 e. The zero-order valence-electron chi connectivity index (χ0n) is 10.4. The van der Waals surface area contributed by atoms with Gasteiger partial charge in [0.1, 0.15) is 0 Å². The van der Waals surface area contributed by atoms with Crippen LogP contribution in [0.2, 0.25) is 0 Å². The summed E-state index contributed by atoms with van der Waals surface area (Å²) in [5.41, 5.74) is 2.61. The molecule has 0 aromatic heterocycles. The van der Waals surface area contributed by atoms with E-state index in [-0.39, 0.29) is 0 Å². The van der Waals surface area contributed by atoms with Gasteiger partial charge in [0.2, 0.25) is 0 Å². The molecular formula is C14H19NO2. The first-order valence-electron chi connectivity index (χ1n) is 6.20. The van der Waals surface area contributed by atoms with Crippen LogP contribution in [-0.2, 0) is 0 Å². The minimum atomic E-state index is -0.855. The maximum atomic E-state index is 10.8. The number of nitrogens with zero attached hydrogens (tertiary/aromatic N) is 1. The minimum absolute atomic E-state index is 0.372. The van der Waals surface area contributed by atoms with Gasteiger partial charge in [-0.2, -0.15) is 0 Å². The lowest BCUT2D eigenvalue weighted by molar-refractivity contribution is 0.0697. The molecule has 0 spiro atoms. The molecule has 1 saturated heterocycles. The van der Waals surface area contributed by atoms with Crippen molar-refractivity contribution in [1.82, 2.24) is 0 Å². The van der Waals surface area contributed by atoms with E-state index in [1.54, 1.807) is 12.1 Å². The van der Waals surface area contributed by atoms with Crippen molar-refractivity contribution < 1.29 is 9.90 Å². The molecule has 0 saturated carbocycles. The minimum Gasteiger partial charge on any atom is -0.478 e. The third-order valence-corrected chi connectivity index (χ3v) is 3.44. The highest BCUT2D eigenvalue weighted by Gasteiger charge is 2.26. The molecule has 0 bridgehead atoms. The highest BCUT2D eigenvalue weighted by atomic mass is 16.4. The van der Waals surface area contributed by atoms with E-state index < -0.39 is 5.97 Å². The molecule has 0 radical (unpaired) electrons. The van der Waals surface area contributed by atoms with E-state index in [4.69, 9.17) is 5.11 Å². The second-order valence-electron chi connectivity index (χ2n) is 4.87. The Kier molecular flexibility index (Phi) is 3.36. The van der Waals surface area contributed by atoms with Gasteiger partial charge < -0.3 is 10.0 Å². The molecule has 3 nitrogen and oxygen atoms in total. The summed E-state index contributed by atoms with van der Waals surface area (Å²) in [7, 11) is 0. The van der Waals surface area contributed by atoms with Crippen LogP contribution in [0, 0.1) is 12.8 Å². The van der Waals surface area contributed by atoms with Crippen molar-refractivity contribution in [3.05, 3.63) is 29.3 Å². The summed E-state index contributed by atoms with van der Waals surface area (Å²) in [6, 6.07) is 5.38. The monoisotopic (exact) mass is 233 g/mol. The van der Waals surface area contributed by atoms with Crippen LogP contribution in [0.25, 0.3) is 0 Å². The second-order valence-corrected chi connectivity index (χ2v) is 4.87. The summed E-state index contributed by atoms with van der Waals surface area (Å²) in [5, 5.41) is 8.91. The van der Waals surface area contributed by atoms with E-state index >= 15 is 0 Å². The molecule has 0 amide bonds. The predicted octanol–water partition coefficient (Wildman–Crippen LogP) is 2.93. The number of carbonyl (C=O) groups is 1. The quantitative estimate of drug-likeness (QED) is 0.869. The van der Waals surface area contributed by atoms with Gasteiger partial charge in [-0.05, 0) is 43.0 Å². The number of benzene rings is 1. The van der Waals surface area contributed by atoms with Crippen LogP contribution >= 0.6 is 0 Å². The van der Waals surface area contributed by atoms with Crippen LogP contribution < -0.4 is 4.90 Å². The first-order valence-corrected chi connectivity index (χ1v) is 6.20. The summed E-state index contributed by atoms with van der Waals surface area (Å²) >= 11 is 0. The number of anilines is 1. The van der Waals surface area contributed by atoms with Gasteiger partial charge in [-0.1, -0.05) is 13.3 Å². The van der Waals surface area contributed by atoms with Crippen molar-refractivity contribution in [2.45, 2.75) is 26.7 Å². The SMILES string of the molecule is CCCC1CN(c2ccc(C(=O)O)cc2C)C1. The zero-order chi connectivity index (χ0) is 12.4. The Labute approximate surface area is 102 Å². The number of hydrogen-bond acceptors (Lipinski definition) is 2. The van der Waals surface area contributed by atoms with Crippen molar-refractivity contribution in [2.75, 3.05) is 18.0 Å². The molecule has 0 atom stereocenters. The average Bonchev–Trinajstić information content (AvgIpc) is 2.23. The molecule has 1 heterocycles. The number of rotatable bonds is 4. The van der Waals surface area contributed by atoms with E-state index in [2.05, 4.69) is 11.8 Å². The Morgan fingerprint density at radius 3 is 2.71 bits per heavy atom. The van der Waals surface area contributed by atoms with Crippen LogP contribution in [0.4, 0.5) is 5.69 Å². The number of hydrogen-bond donors (Lipinski definition) is 1. The molecule has 17 heavy (non-hydrogen) atoms. The molecule has 1 aromatic rings. The fourth-order valence-electron chi connectivity index (χ4n) is 2.50. The van der Waals surface area contributed by atoms with E-state index in [0.717, 1.165) is 24.6 Å². The molecule has 1 aliphatic heterocycles. The first-order chi connectivity index (χ1) is 8.11. The summed E-state index contributed by atoms with van der Waals surface area (Å²) in [5.74, 6) is -0.0364. The molecule has 3 heteroatoms. The Hall–Kier alpha value is -1.51. The van der Waals surface area contributed by atoms with Gasteiger partial charge in [-0.15, -0.1) is 0 Å². The van der Waals surface area contributed by atoms with Crippen LogP contribution in [0.5, 0.6) is 0 Å². The van der Waals surface area contributed by atoms with Gasteiger partial charge in [0, 0.05) is 18.8 Å². The van der Waals surface area contributed by atoms with Crippen LogP contribution in [0.1, 0.15) is 35.7 Å². The van der Waals surface area contributed by atoms with Gasteiger partial charge in [0.05, 0.1) is 5.56 Å². The van der Waals surface area contributed by atoms with E-state index in [9.17, 15) is 4.79 Å². The van der Waals surface area contributed by atoms with Crippen LogP contribution in [0.15, 0.2) is 18.2 Å². The zero-order valence-corrected chi connectivity index (χ0v) is 10.4.